The predicted molar refractivity (Wildman–Crippen MR) is 178 cm³/mol. The molecular weight excluding hydrogens is 501 g/mol. The van der Waals surface area contributed by atoms with E-state index in [2.05, 4.69) is 130 Å². The molecule has 0 amide bonds. The Morgan fingerprint density at radius 1 is 0.615 bits per heavy atom. The van der Waals surface area contributed by atoms with Crippen LogP contribution in [0.2, 0.25) is 24.7 Å². The zero-order valence-electron chi connectivity index (χ0n) is 26.3. The monoisotopic (exact) mass is 548 g/mol. The summed E-state index contributed by atoms with van der Waals surface area (Å²) < 4.78 is 0. The smallest absolute Gasteiger partial charge is 0.0656 e. The average Bonchev–Trinajstić information content (AvgIpc) is 3.02. The van der Waals surface area contributed by atoms with E-state index >= 15 is 0 Å². The van der Waals surface area contributed by atoms with E-state index in [1.165, 1.54) is 55.3 Å². The Balaban J connectivity index is 2.00. The minimum atomic E-state index is -1.43. The van der Waals surface area contributed by atoms with Gasteiger partial charge in [-0.05, 0) is 99.8 Å². The highest BCUT2D eigenvalue weighted by atomic mass is 28.3. The van der Waals surface area contributed by atoms with E-state index < -0.39 is 8.07 Å². The summed E-state index contributed by atoms with van der Waals surface area (Å²) in [5.74, 6) is 0. The summed E-state index contributed by atoms with van der Waals surface area (Å²) in [5.41, 5.74) is 16.0. The van der Waals surface area contributed by atoms with Gasteiger partial charge in [-0.1, -0.05) is 121 Å². The summed E-state index contributed by atoms with van der Waals surface area (Å²) >= 11 is 0. The van der Waals surface area contributed by atoms with Crippen LogP contribution in [0.3, 0.4) is 0 Å². The molecule has 2 radical (unpaired) electrons. The third-order valence-corrected chi connectivity index (χ3v) is 12.6. The molecule has 1 unspecified atom stereocenters. The molecule has 1 aliphatic carbocycles. The van der Waals surface area contributed by atoms with Gasteiger partial charge in [0.1, 0.15) is 0 Å². The minimum absolute atomic E-state index is 0.0454. The van der Waals surface area contributed by atoms with E-state index in [1.54, 1.807) is 16.3 Å². The highest BCUT2D eigenvalue weighted by molar-refractivity contribution is 6.89. The summed E-state index contributed by atoms with van der Waals surface area (Å²) in [4.78, 5) is 0. The quantitative estimate of drug-likeness (QED) is 0.247. The SMILES string of the molecule is CCc1cc(CC)cc(C2=C(C)C(C)=C(C)C2(Cc2cc(C)cc(C)c2)[Si]c2cc(C)cc([Si](C)(C)C)c2)c1. The second-order valence-electron chi connectivity index (χ2n) is 13.0. The average molecular weight is 549 g/mol. The van der Waals surface area contributed by atoms with Crippen molar-refractivity contribution in [2.24, 2.45) is 0 Å². The summed E-state index contributed by atoms with van der Waals surface area (Å²) in [6.07, 6.45) is 3.18. The standard InChI is InChI=1S/C37H48Si2/c1-12-30-19-31(13-2)21-33(20-30)36-28(7)27(6)29(8)37(36,23-32-15-24(3)14-25(4)16-32)38-34-17-26(5)18-35(22-34)39(9,10)11/h14-22H,12-13,23H2,1-11H3. The Labute approximate surface area is 242 Å². The van der Waals surface area contributed by atoms with E-state index in [1.807, 2.05) is 0 Å². The first-order valence-corrected chi connectivity index (χ1v) is 19.3. The van der Waals surface area contributed by atoms with Crippen molar-refractivity contribution in [1.82, 2.24) is 0 Å². The highest BCUT2D eigenvalue weighted by Gasteiger charge is 2.44. The summed E-state index contributed by atoms with van der Waals surface area (Å²) in [5, 5.41) is 3.04. The summed E-state index contributed by atoms with van der Waals surface area (Å²) in [6.45, 7) is 26.0. The van der Waals surface area contributed by atoms with Crippen LogP contribution >= 0.6 is 0 Å². The van der Waals surface area contributed by atoms with Crippen molar-refractivity contribution in [3.05, 3.63) is 110 Å². The van der Waals surface area contributed by atoms with E-state index in [9.17, 15) is 0 Å². The van der Waals surface area contributed by atoms with Gasteiger partial charge < -0.3 is 0 Å². The lowest BCUT2D eigenvalue weighted by atomic mass is 9.82. The molecule has 2 heteroatoms. The molecule has 1 aliphatic rings. The van der Waals surface area contributed by atoms with E-state index in [0.29, 0.717) is 9.52 Å². The minimum Gasteiger partial charge on any atom is -0.0656 e. The molecule has 0 aromatic heterocycles. The van der Waals surface area contributed by atoms with Crippen LogP contribution in [0.1, 0.15) is 73.6 Å². The molecule has 0 nitrogen and oxygen atoms in total. The molecule has 39 heavy (non-hydrogen) atoms. The molecule has 0 aliphatic heterocycles. The van der Waals surface area contributed by atoms with Crippen LogP contribution in [-0.2, 0) is 19.3 Å². The Bertz CT molecular complexity index is 1420. The van der Waals surface area contributed by atoms with Gasteiger partial charge in [0.05, 0.1) is 17.6 Å². The maximum absolute atomic E-state index is 2.56. The molecule has 3 aromatic rings. The van der Waals surface area contributed by atoms with Crippen LogP contribution < -0.4 is 10.4 Å². The van der Waals surface area contributed by atoms with Gasteiger partial charge >= 0.3 is 0 Å². The second-order valence-corrected chi connectivity index (χ2v) is 19.8. The molecule has 3 aromatic carbocycles. The maximum Gasteiger partial charge on any atom is 0.0992 e. The lowest BCUT2D eigenvalue weighted by Crippen LogP contribution is -2.42. The first-order valence-electron chi connectivity index (χ1n) is 14.8. The Morgan fingerprint density at radius 2 is 1.18 bits per heavy atom. The number of hydrogen-bond donors (Lipinski definition) is 0. The van der Waals surface area contributed by atoms with Crippen molar-refractivity contribution < 1.29 is 0 Å². The van der Waals surface area contributed by atoms with Crippen LogP contribution in [0, 0.1) is 20.8 Å². The Kier molecular flexibility index (Phi) is 8.50. The number of benzene rings is 3. The van der Waals surface area contributed by atoms with E-state index in [0.717, 1.165) is 19.3 Å². The number of rotatable bonds is 8. The van der Waals surface area contributed by atoms with Crippen molar-refractivity contribution in [3.8, 4) is 0 Å². The molecular formula is C37H48Si2. The lowest BCUT2D eigenvalue weighted by Gasteiger charge is -2.36. The third kappa shape index (κ3) is 6.03. The second kappa shape index (κ2) is 11.2. The molecule has 0 saturated carbocycles. The van der Waals surface area contributed by atoms with Crippen molar-refractivity contribution in [2.75, 3.05) is 0 Å². The molecule has 0 heterocycles. The van der Waals surface area contributed by atoms with Crippen LogP contribution in [0.5, 0.6) is 0 Å². The Hall–Kier alpha value is -2.43. The fourth-order valence-corrected chi connectivity index (χ4v) is 10.0. The molecule has 1 atom stereocenters. The number of aryl methyl sites for hydroxylation is 5. The normalized spacial score (nSPS) is 17.9. The van der Waals surface area contributed by atoms with Gasteiger partial charge in [-0.15, -0.1) is 0 Å². The van der Waals surface area contributed by atoms with Crippen LogP contribution in [0.4, 0.5) is 0 Å². The Morgan fingerprint density at radius 3 is 1.72 bits per heavy atom. The number of allylic oxidation sites excluding steroid dienone is 4. The van der Waals surface area contributed by atoms with E-state index in [-0.39, 0.29) is 5.04 Å². The summed E-state index contributed by atoms with van der Waals surface area (Å²) in [7, 11) is -0.756. The van der Waals surface area contributed by atoms with Gasteiger partial charge in [0.2, 0.25) is 0 Å². The lowest BCUT2D eigenvalue weighted by molar-refractivity contribution is 0.795. The van der Waals surface area contributed by atoms with Gasteiger partial charge in [-0.2, -0.15) is 0 Å². The van der Waals surface area contributed by atoms with Crippen LogP contribution in [0.25, 0.3) is 5.57 Å². The molecule has 0 fully saturated rings. The molecule has 0 N–H and O–H groups in total. The zero-order chi connectivity index (χ0) is 28.7. The van der Waals surface area contributed by atoms with Crippen molar-refractivity contribution in [3.63, 3.8) is 0 Å². The topological polar surface area (TPSA) is 0 Å². The maximum atomic E-state index is 2.56. The first-order chi connectivity index (χ1) is 18.3. The van der Waals surface area contributed by atoms with Crippen LogP contribution in [0.15, 0.2) is 71.3 Å². The first kappa shape index (κ1) is 29.6. The van der Waals surface area contributed by atoms with Crippen molar-refractivity contribution in [2.45, 2.75) is 99.3 Å². The molecule has 204 valence electrons. The van der Waals surface area contributed by atoms with E-state index in [4.69, 9.17) is 0 Å². The van der Waals surface area contributed by atoms with Crippen molar-refractivity contribution >= 4 is 33.5 Å². The van der Waals surface area contributed by atoms with Gasteiger partial charge in [0.15, 0.2) is 0 Å². The zero-order valence-corrected chi connectivity index (χ0v) is 28.3. The van der Waals surface area contributed by atoms with Crippen LogP contribution in [-0.4, -0.2) is 17.6 Å². The number of hydrogen-bond acceptors (Lipinski definition) is 0. The molecule has 0 bridgehead atoms. The molecule has 0 spiro atoms. The van der Waals surface area contributed by atoms with Crippen molar-refractivity contribution in [1.29, 1.82) is 0 Å². The fourth-order valence-electron chi connectivity index (χ4n) is 6.51. The van der Waals surface area contributed by atoms with Gasteiger partial charge in [0.25, 0.3) is 0 Å². The molecule has 4 rings (SSSR count). The summed E-state index contributed by atoms with van der Waals surface area (Å²) in [6, 6.07) is 22.0. The third-order valence-electron chi connectivity index (χ3n) is 8.78. The largest absolute Gasteiger partial charge is 0.0992 e. The van der Waals surface area contributed by atoms with Gasteiger partial charge in [-0.3, -0.25) is 0 Å². The highest BCUT2D eigenvalue weighted by Crippen LogP contribution is 2.58. The van der Waals surface area contributed by atoms with Gasteiger partial charge in [-0.25, -0.2) is 0 Å². The molecule has 0 saturated heterocycles. The fraction of sp³-hybridized carbons (Fsp3) is 0.405. The van der Waals surface area contributed by atoms with Gasteiger partial charge in [0, 0.05) is 5.04 Å². The predicted octanol–water partition coefficient (Wildman–Crippen LogP) is 8.84.